The highest BCUT2D eigenvalue weighted by Gasteiger charge is 2.35. The van der Waals surface area contributed by atoms with Crippen LogP contribution in [0, 0.1) is 0 Å². The number of likely N-dealkylation sites (tertiary alicyclic amines) is 1. The van der Waals surface area contributed by atoms with Gasteiger partial charge in [-0.05, 0) is 37.1 Å². The van der Waals surface area contributed by atoms with Crippen LogP contribution in [0.5, 0.6) is 0 Å². The molecule has 0 aromatic carbocycles. The van der Waals surface area contributed by atoms with Gasteiger partial charge in [0.15, 0.2) is 5.82 Å². The molecule has 1 fully saturated rings. The normalized spacial score (nSPS) is 21.6. The van der Waals surface area contributed by atoms with Gasteiger partial charge in [-0.15, -0.1) is 21.5 Å². The van der Waals surface area contributed by atoms with Gasteiger partial charge < -0.3 is 9.47 Å². The lowest BCUT2D eigenvalue weighted by molar-refractivity contribution is 0.0732. The Morgan fingerprint density at radius 1 is 1.18 bits per heavy atom. The zero-order chi connectivity index (χ0) is 14.9. The largest absolute Gasteiger partial charge is 0.328 e. The van der Waals surface area contributed by atoms with Gasteiger partial charge in [-0.25, -0.2) is 0 Å². The summed E-state index contributed by atoms with van der Waals surface area (Å²) >= 11 is 1.52. The van der Waals surface area contributed by atoms with Gasteiger partial charge in [-0.1, -0.05) is 12.5 Å². The fourth-order valence-corrected chi connectivity index (χ4v) is 4.25. The maximum Gasteiger partial charge on any atom is 0.264 e. The number of thiophene rings is 1. The van der Waals surface area contributed by atoms with Crippen LogP contribution in [0.2, 0.25) is 0 Å². The minimum absolute atomic E-state index is 0.0916. The Balaban J connectivity index is 1.64. The number of aromatic nitrogens is 3. The molecular weight excluding hydrogens is 296 g/mol. The van der Waals surface area contributed by atoms with Gasteiger partial charge in [0.1, 0.15) is 5.82 Å². The predicted molar refractivity (Wildman–Crippen MR) is 84.9 cm³/mol. The van der Waals surface area contributed by atoms with E-state index in [4.69, 9.17) is 0 Å². The highest BCUT2D eigenvalue weighted by molar-refractivity contribution is 7.12. The summed E-state index contributed by atoms with van der Waals surface area (Å²) in [5.74, 6) is 2.24. The standard InChI is InChI=1S/C16H20N4OS/c21-16(13-7-5-11-22-13)19-10-4-6-12(19)15-18-17-14-8-2-1-3-9-20(14)15/h5,7,11-12H,1-4,6,8-10H2/t12-/m0/s1. The Morgan fingerprint density at radius 3 is 3.00 bits per heavy atom. The molecule has 4 heterocycles. The number of hydrogen-bond donors (Lipinski definition) is 0. The van der Waals surface area contributed by atoms with Crippen molar-refractivity contribution < 1.29 is 4.79 Å². The summed E-state index contributed by atoms with van der Waals surface area (Å²) in [6, 6.07) is 3.94. The van der Waals surface area contributed by atoms with Crippen molar-refractivity contribution in [3.8, 4) is 0 Å². The van der Waals surface area contributed by atoms with Gasteiger partial charge in [-0.3, -0.25) is 4.79 Å². The molecule has 2 aliphatic rings. The number of carbonyl (C=O) groups is 1. The fraction of sp³-hybridized carbons (Fsp3) is 0.562. The molecule has 2 aromatic rings. The van der Waals surface area contributed by atoms with Crippen molar-refractivity contribution in [1.29, 1.82) is 0 Å². The third-order valence-electron chi connectivity index (χ3n) is 4.68. The topological polar surface area (TPSA) is 51.0 Å². The molecule has 1 atom stereocenters. The average Bonchev–Trinajstić information content (AvgIpc) is 3.24. The Bertz CT molecular complexity index is 664. The monoisotopic (exact) mass is 316 g/mol. The minimum Gasteiger partial charge on any atom is -0.328 e. The average molecular weight is 316 g/mol. The van der Waals surface area contributed by atoms with E-state index in [-0.39, 0.29) is 11.9 Å². The Hall–Kier alpha value is -1.69. The van der Waals surface area contributed by atoms with E-state index in [1.54, 1.807) is 0 Å². The van der Waals surface area contributed by atoms with Crippen molar-refractivity contribution in [3.63, 3.8) is 0 Å². The number of carbonyl (C=O) groups excluding carboxylic acids is 1. The number of rotatable bonds is 2. The van der Waals surface area contributed by atoms with Crippen molar-refractivity contribution in [1.82, 2.24) is 19.7 Å². The Morgan fingerprint density at radius 2 is 2.14 bits per heavy atom. The van der Waals surface area contributed by atoms with Crippen LogP contribution in [0.3, 0.4) is 0 Å². The molecule has 0 radical (unpaired) electrons. The first-order valence-corrected chi connectivity index (χ1v) is 8.99. The molecule has 1 saturated heterocycles. The van der Waals surface area contributed by atoms with E-state index in [0.29, 0.717) is 0 Å². The number of amides is 1. The van der Waals surface area contributed by atoms with E-state index in [1.165, 1.54) is 30.6 Å². The second kappa shape index (κ2) is 5.83. The second-order valence-corrected chi connectivity index (χ2v) is 7.02. The third kappa shape index (κ3) is 2.35. The molecule has 2 aliphatic heterocycles. The molecular formula is C16H20N4OS. The zero-order valence-electron chi connectivity index (χ0n) is 12.6. The summed E-state index contributed by atoms with van der Waals surface area (Å²) in [6.45, 7) is 1.82. The molecule has 0 bridgehead atoms. The van der Waals surface area contributed by atoms with E-state index in [9.17, 15) is 4.79 Å². The molecule has 0 unspecified atom stereocenters. The lowest BCUT2D eigenvalue weighted by Crippen LogP contribution is -2.31. The number of hydrogen-bond acceptors (Lipinski definition) is 4. The van der Waals surface area contributed by atoms with Crippen LogP contribution < -0.4 is 0 Å². The summed E-state index contributed by atoms with van der Waals surface area (Å²) < 4.78 is 2.28. The van der Waals surface area contributed by atoms with Gasteiger partial charge in [0.25, 0.3) is 5.91 Å². The minimum atomic E-state index is 0.0916. The molecule has 1 amide bonds. The first kappa shape index (κ1) is 13.9. The van der Waals surface area contributed by atoms with Gasteiger partial charge in [0, 0.05) is 19.5 Å². The Labute approximate surface area is 134 Å². The van der Waals surface area contributed by atoms with Gasteiger partial charge in [-0.2, -0.15) is 0 Å². The maximum atomic E-state index is 12.7. The van der Waals surface area contributed by atoms with E-state index < -0.39 is 0 Å². The number of nitrogens with zero attached hydrogens (tertiary/aromatic N) is 4. The summed E-state index contributed by atoms with van der Waals surface area (Å²) in [5.41, 5.74) is 0. The van der Waals surface area contributed by atoms with E-state index in [0.717, 1.165) is 48.9 Å². The molecule has 5 nitrogen and oxygen atoms in total. The fourth-order valence-electron chi connectivity index (χ4n) is 3.57. The SMILES string of the molecule is O=C(c1cccs1)N1CCC[C@H]1c1nnc2n1CCCCC2. The van der Waals surface area contributed by atoms with Crippen LogP contribution in [0.4, 0.5) is 0 Å². The first-order chi connectivity index (χ1) is 10.8. The van der Waals surface area contributed by atoms with Crippen molar-refractivity contribution in [2.45, 2.75) is 51.1 Å². The predicted octanol–water partition coefficient (Wildman–Crippen LogP) is 3.04. The Kier molecular flexibility index (Phi) is 3.70. The van der Waals surface area contributed by atoms with Crippen LogP contribution in [0.15, 0.2) is 17.5 Å². The van der Waals surface area contributed by atoms with Crippen LogP contribution in [-0.2, 0) is 13.0 Å². The highest BCUT2D eigenvalue weighted by atomic mass is 32.1. The summed E-state index contributed by atoms with van der Waals surface area (Å²) in [6.07, 6.45) is 6.69. The van der Waals surface area contributed by atoms with Crippen molar-refractivity contribution in [3.05, 3.63) is 34.0 Å². The van der Waals surface area contributed by atoms with Crippen molar-refractivity contribution >= 4 is 17.2 Å². The molecule has 2 aromatic heterocycles. The summed E-state index contributed by atoms with van der Waals surface area (Å²) in [5, 5.41) is 10.8. The number of fused-ring (bicyclic) bond motifs is 1. The zero-order valence-corrected chi connectivity index (χ0v) is 13.4. The molecule has 116 valence electrons. The van der Waals surface area contributed by atoms with Gasteiger partial charge in [0.2, 0.25) is 0 Å². The van der Waals surface area contributed by atoms with Crippen molar-refractivity contribution in [2.24, 2.45) is 0 Å². The lowest BCUT2D eigenvalue weighted by Gasteiger charge is -2.24. The van der Waals surface area contributed by atoms with Gasteiger partial charge >= 0.3 is 0 Å². The van der Waals surface area contributed by atoms with Gasteiger partial charge in [0.05, 0.1) is 10.9 Å². The molecule has 0 spiro atoms. The molecule has 22 heavy (non-hydrogen) atoms. The van der Waals surface area contributed by atoms with Crippen LogP contribution >= 0.6 is 11.3 Å². The maximum absolute atomic E-state index is 12.7. The molecule has 0 aliphatic carbocycles. The van der Waals surface area contributed by atoms with Crippen LogP contribution in [0.25, 0.3) is 0 Å². The second-order valence-electron chi connectivity index (χ2n) is 6.07. The smallest absolute Gasteiger partial charge is 0.264 e. The first-order valence-electron chi connectivity index (χ1n) is 8.11. The van der Waals surface area contributed by atoms with Crippen LogP contribution in [0.1, 0.15) is 59.5 Å². The lowest BCUT2D eigenvalue weighted by atomic mass is 10.2. The van der Waals surface area contributed by atoms with E-state index in [1.807, 2.05) is 22.4 Å². The summed E-state index contributed by atoms with van der Waals surface area (Å²) in [7, 11) is 0. The van der Waals surface area contributed by atoms with E-state index in [2.05, 4.69) is 14.8 Å². The number of aryl methyl sites for hydroxylation is 1. The third-order valence-corrected chi connectivity index (χ3v) is 5.54. The molecule has 6 heteroatoms. The molecule has 4 rings (SSSR count). The molecule has 0 N–H and O–H groups in total. The van der Waals surface area contributed by atoms with Crippen LogP contribution in [-0.4, -0.2) is 32.1 Å². The highest BCUT2D eigenvalue weighted by Crippen LogP contribution is 2.34. The quantitative estimate of drug-likeness (QED) is 0.855. The van der Waals surface area contributed by atoms with E-state index >= 15 is 0 Å². The van der Waals surface area contributed by atoms with Crippen molar-refractivity contribution in [2.75, 3.05) is 6.54 Å². The summed E-state index contributed by atoms with van der Waals surface area (Å²) in [4.78, 5) is 15.5. The molecule has 0 saturated carbocycles.